The van der Waals surface area contributed by atoms with E-state index in [0.29, 0.717) is 31.9 Å². The number of aromatic hydroxyl groups is 1. The summed E-state index contributed by atoms with van der Waals surface area (Å²) in [6, 6.07) is 5.69. The molecule has 1 aromatic rings. The fraction of sp³-hybridized carbons (Fsp3) is 0. The van der Waals surface area contributed by atoms with Gasteiger partial charge in [0.1, 0.15) is 0 Å². The van der Waals surface area contributed by atoms with Crippen LogP contribution >= 0.6 is 22.6 Å². The molecule has 0 aliphatic carbocycles. The molecule has 0 heterocycles. The van der Waals surface area contributed by atoms with Crippen LogP contribution in [0.25, 0.3) is 0 Å². The van der Waals surface area contributed by atoms with Gasteiger partial charge >= 0.3 is 84.4 Å². The molecule has 3 heteroatoms. The minimum absolute atomic E-state index is 0.457. The van der Waals surface area contributed by atoms with Gasteiger partial charge in [0.05, 0.1) is 0 Å². The zero-order valence-electron chi connectivity index (χ0n) is 4.76. The summed E-state index contributed by atoms with van der Waals surface area (Å²) in [5.74, 6) is 0.457. The fourth-order valence-electron chi connectivity index (χ4n) is 0.554. The first kappa shape index (κ1) is 7.79. The van der Waals surface area contributed by atoms with Crippen LogP contribution in [-0.4, -0.2) is 5.11 Å². The van der Waals surface area contributed by atoms with Gasteiger partial charge in [-0.2, -0.15) is 0 Å². The molecule has 0 bridgehead atoms. The second-order valence-electron chi connectivity index (χ2n) is 1.77. The zero-order valence-corrected chi connectivity index (χ0v) is 12.4. The van der Waals surface area contributed by atoms with E-state index in [2.05, 4.69) is 22.6 Å². The first-order chi connectivity index (χ1) is 4.20. The van der Waals surface area contributed by atoms with Gasteiger partial charge in [-0.05, 0) is 0 Å². The molecule has 0 saturated heterocycles. The van der Waals surface area contributed by atoms with Crippen LogP contribution in [0.1, 0.15) is 0 Å². The van der Waals surface area contributed by atoms with Crippen molar-refractivity contribution in [1.29, 1.82) is 0 Å². The Hall–Kier alpha value is 0.685. The standard InChI is InChI=1S/C6H4IO.Hg/c7-5-1-3-6(8)4-2-5;/h1-3,8H;. The fourth-order valence-corrected chi connectivity index (χ4v) is 4.04. The average Bonchev–Trinajstić information content (AvgIpc) is 1.80. The van der Waals surface area contributed by atoms with Gasteiger partial charge in [0.15, 0.2) is 0 Å². The summed E-state index contributed by atoms with van der Waals surface area (Å²) in [5, 5.41) is 9.09. The quantitative estimate of drug-likeness (QED) is 0.495. The number of phenolic OH excluding ortho intramolecular Hbond substituents is 1. The van der Waals surface area contributed by atoms with Crippen LogP contribution in [0.5, 0.6) is 5.75 Å². The number of rotatable bonds is 0. The SMILES string of the molecule is Oc1ccc(I)c[c]1[Hg]. The van der Waals surface area contributed by atoms with Crippen molar-refractivity contribution >= 4 is 25.7 Å². The van der Waals surface area contributed by atoms with Gasteiger partial charge in [-0.25, -0.2) is 0 Å². The summed E-state index contributed by atoms with van der Waals surface area (Å²) in [4.78, 5) is 0. The number of hydrogen-bond donors (Lipinski definition) is 1. The predicted octanol–water partition coefficient (Wildman–Crippen LogP) is 1.17. The van der Waals surface area contributed by atoms with Crippen LogP contribution in [0.4, 0.5) is 0 Å². The first-order valence-corrected chi connectivity index (χ1v) is 6.33. The number of hydrogen-bond acceptors (Lipinski definition) is 1. The maximum atomic E-state index is 9.09. The summed E-state index contributed by atoms with van der Waals surface area (Å²) in [5.41, 5.74) is 0. The Morgan fingerprint density at radius 2 is 2.11 bits per heavy atom. The van der Waals surface area contributed by atoms with Crippen molar-refractivity contribution < 1.29 is 31.2 Å². The van der Waals surface area contributed by atoms with Crippen molar-refractivity contribution in [2.24, 2.45) is 0 Å². The maximum absolute atomic E-state index is 9.09. The monoisotopic (exact) mass is 421 g/mol. The molecule has 0 aromatic heterocycles. The van der Waals surface area contributed by atoms with Crippen molar-refractivity contribution in [3.8, 4) is 5.75 Å². The molecule has 0 atom stereocenters. The molecule has 1 rings (SSSR count). The molecule has 0 spiro atoms. The first-order valence-electron chi connectivity index (χ1n) is 2.50. The van der Waals surface area contributed by atoms with Crippen LogP contribution in [0.3, 0.4) is 0 Å². The van der Waals surface area contributed by atoms with Gasteiger partial charge in [-0.3, -0.25) is 0 Å². The van der Waals surface area contributed by atoms with Crippen molar-refractivity contribution in [2.75, 3.05) is 0 Å². The van der Waals surface area contributed by atoms with Gasteiger partial charge in [-0.15, -0.1) is 0 Å². The third-order valence-electron chi connectivity index (χ3n) is 1.04. The normalized spacial score (nSPS) is 9.67. The van der Waals surface area contributed by atoms with Crippen molar-refractivity contribution in [2.45, 2.75) is 0 Å². The van der Waals surface area contributed by atoms with E-state index in [1.54, 1.807) is 6.07 Å². The van der Waals surface area contributed by atoms with Crippen LogP contribution < -0.4 is 3.07 Å². The van der Waals surface area contributed by atoms with E-state index in [1.165, 1.54) is 3.57 Å². The molecule has 9 heavy (non-hydrogen) atoms. The van der Waals surface area contributed by atoms with E-state index in [4.69, 9.17) is 5.11 Å². The third-order valence-corrected chi connectivity index (χ3v) is 3.91. The van der Waals surface area contributed by atoms with Crippen molar-refractivity contribution in [3.63, 3.8) is 0 Å². The van der Waals surface area contributed by atoms with E-state index in [-0.39, 0.29) is 0 Å². The predicted molar refractivity (Wildman–Crippen MR) is 40.5 cm³/mol. The third kappa shape index (κ3) is 2.07. The Morgan fingerprint density at radius 3 is 2.56 bits per heavy atom. The van der Waals surface area contributed by atoms with Gasteiger partial charge in [0.2, 0.25) is 0 Å². The number of benzene rings is 1. The van der Waals surface area contributed by atoms with Gasteiger partial charge in [0.25, 0.3) is 0 Å². The zero-order chi connectivity index (χ0) is 6.85. The molecule has 0 radical (unpaired) electrons. The second-order valence-corrected chi connectivity index (χ2v) is 5.98. The molecular formula is C6H4HgIO. The van der Waals surface area contributed by atoms with E-state index in [0.717, 1.165) is 3.07 Å². The molecule has 0 aliphatic heterocycles. The van der Waals surface area contributed by atoms with E-state index < -0.39 is 0 Å². The van der Waals surface area contributed by atoms with E-state index >= 15 is 0 Å². The Balaban J connectivity index is 3.17. The Morgan fingerprint density at radius 1 is 1.44 bits per heavy atom. The van der Waals surface area contributed by atoms with E-state index in [1.807, 2.05) is 12.1 Å². The molecule has 0 amide bonds. The minimum atomic E-state index is 0.457. The van der Waals surface area contributed by atoms with Crippen LogP contribution in [0, 0.1) is 3.57 Å². The summed E-state index contributed by atoms with van der Waals surface area (Å²) in [7, 11) is 0. The molecular weight excluding hydrogens is 416 g/mol. The summed E-state index contributed by atoms with van der Waals surface area (Å²) in [6.45, 7) is 0. The molecule has 1 aromatic carbocycles. The van der Waals surface area contributed by atoms with Gasteiger partial charge < -0.3 is 0 Å². The number of halogens is 1. The van der Waals surface area contributed by atoms with Crippen LogP contribution in [0.2, 0.25) is 0 Å². The number of phenols is 1. The van der Waals surface area contributed by atoms with Crippen LogP contribution in [0.15, 0.2) is 18.2 Å². The topological polar surface area (TPSA) is 20.2 Å². The van der Waals surface area contributed by atoms with Gasteiger partial charge in [0, 0.05) is 0 Å². The van der Waals surface area contributed by atoms with Crippen LogP contribution in [-0.2, 0) is 26.1 Å². The molecule has 0 aliphatic rings. The van der Waals surface area contributed by atoms with Crippen molar-refractivity contribution in [3.05, 3.63) is 21.8 Å². The second kappa shape index (κ2) is 3.19. The average molecular weight is 420 g/mol. The molecule has 0 saturated carbocycles. The summed E-state index contributed by atoms with van der Waals surface area (Å²) >= 11 is 2.78. The molecule has 43 valence electrons. The Kier molecular flexibility index (Phi) is 2.76. The Bertz CT molecular complexity index is 224. The Labute approximate surface area is 83.6 Å². The summed E-state index contributed by atoms with van der Waals surface area (Å²) < 4.78 is 2.33. The molecule has 1 N–H and O–H groups in total. The van der Waals surface area contributed by atoms with E-state index in [9.17, 15) is 0 Å². The van der Waals surface area contributed by atoms with Crippen molar-refractivity contribution in [1.82, 2.24) is 0 Å². The molecule has 0 fully saturated rings. The molecule has 1 nitrogen and oxygen atoms in total. The molecule has 0 unspecified atom stereocenters. The summed E-state index contributed by atoms with van der Waals surface area (Å²) in [6.07, 6.45) is 0. The van der Waals surface area contributed by atoms with Gasteiger partial charge in [-0.1, -0.05) is 0 Å².